The fourth-order valence-corrected chi connectivity index (χ4v) is 4.21. The van der Waals surface area contributed by atoms with Crippen LogP contribution in [0, 0.1) is 6.92 Å². The van der Waals surface area contributed by atoms with E-state index in [1.54, 1.807) is 0 Å². The van der Waals surface area contributed by atoms with Gasteiger partial charge in [0.2, 0.25) is 5.91 Å². The van der Waals surface area contributed by atoms with E-state index < -0.39 is 0 Å². The Labute approximate surface area is 160 Å². The molecule has 0 bridgehead atoms. The van der Waals surface area contributed by atoms with Gasteiger partial charge in [-0.3, -0.25) is 9.59 Å². The standard InChI is InChI=1S/C23H26N2O2/c1-16-6-4-9-20(23(27)25-12-2-3-13-25)22(16)24-21(26)15-17-10-11-18-7-5-8-19(18)14-17/h4,6,9-11,14H,2-3,5,7-8,12-13,15H2,1H3,(H,24,26). The van der Waals surface area contributed by atoms with Crippen LogP contribution in [0.5, 0.6) is 0 Å². The molecule has 1 N–H and O–H groups in total. The van der Waals surface area contributed by atoms with Crippen LogP contribution in [0.1, 0.15) is 51.9 Å². The molecule has 4 rings (SSSR count). The summed E-state index contributed by atoms with van der Waals surface area (Å²) in [4.78, 5) is 27.4. The summed E-state index contributed by atoms with van der Waals surface area (Å²) in [5.41, 5.74) is 5.99. The second-order valence-electron chi connectivity index (χ2n) is 7.68. The molecule has 0 atom stereocenters. The molecule has 0 spiro atoms. The van der Waals surface area contributed by atoms with Crippen molar-refractivity contribution in [1.29, 1.82) is 0 Å². The first-order chi connectivity index (χ1) is 13.1. The monoisotopic (exact) mass is 362 g/mol. The van der Waals surface area contributed by atoms with E-state index in [1.807, 2.05) is 30.0 Å². The lowest BCUT2D eigenvalue weighted by molar-refractivity contribution is -0.115. The summed E-state index contributed by atoms with van der Waals surface area (Å²) in [5.74, 6) is -0.0539. The first-order valence-corrected chi connectivity index (χ1v) is 9.91. The average Bonchev–Trinajstić information content (AvgIpc) is 3.34. The van der Waals surface area contributed by atoms with Crippen molar-refractivity contribution in [3.05, 3.63) is 64.2 Å². The molecule has 2 aliphatic rings. The van der Waals surface area contributed by atoms with Crippen LogP contribution in [0.25, 0.3) is 0 Å². The number of amides is 2. The van der Waals surface area contributed by atoms with Gasteiger partial charge in [-0.25, -0.2) is 0 Å². The van der Waals surface area contributed by atoms with Crippen molar-refractivity contribution in [2.45, 2.75) is 45.4 Å². The van der Waals surface area contributed by atoms with Crippen LogP contribution in [-0.4, -0.2) is 29.8 Å². The number of hydrogen-bond acceptors (Lipinski definition) is 2. The van der Waals surface area contributed by atoms with Crippen molar-refractivity contribution in [2.24, 2.45) is 0 Å². The minimum Gasteiger partial charge on any atom is -0.339 e. The number of aryl methyl sites for hydroxylation is 3. The molecule has 0 radical (unpaired) electrons. The Bertz CT molecular complexity index is 882. The van der Waals surface area contributed by atoms with E-state index in [0.717, 1.165) is 49.9 Å². The Morgan fingerprint density at radius 1 is 1.00 bits per heavy atom. The van der Waals surface area contributed by atoms with Gasteiger partial charge in [0, 0.05) is 13.1 Å². The Kier molecular flexibility index (Phi) is 4.97. The van der Waals surface area contributed by atoms with Crippen LogP contribution >= 0.6 is 0 Å². The highest BCUT2D eigenvalue weighted by Crippen LogP contribution is 2.25. The van der Waals surface area contributed by atoms with Crippen molar-refractivity contribution in [3.63, 3.8) is 0 Å². The number of benzene rings is 2. The van der Waals surface area contributed by atoms with Crippen molar-refractivity contribution in [1.82, 2.24) is 4.90 Å². The van der Waals surface area contributed by atoms with Gasteiger partial charge in [-0.15, -0.1) is 0 Å². The minimum absolute atomic E-state index is 0.0176. The van der Waals surface area contributed by atoms with Gasteiger partial charge in [0.1, 0.15) is 0 Å². The van der Waals surface area contributed by atoms with Gasteiger partial charge >= 0.3 is 0 Å². The highest BCUT2D eigenvalue weighted by molar-refractivity contribution is 6.05. The van der Waals surface area contributed by atoms with Crippen LogP contribution in [0.4, 0.5) is 5.69 Å². The Morgan fingerprint density at radius 3 is 2.59 bits per heavy atom. The smallest absolute Gasteiger partial charge is 0.255 e. The predicted octanol–water partition coefficient (Wildman–Crippen LogP) is 3.90. The quantitative estimate of drug-likeness (QED) is 0.897. The molecule has 1 aliphatic carbocycles. The van der Waals surface area contributed by atoms with Gasteiger partial charge in [0.05, 0.1) is 17.7 Å². The highest BCUT2D eigenvalue weighted by atomic mass is 16.2. The maximum absolute atomic E-state index is 12.9. The zero-order chi connectivity index (χ0) is 18.8. The molecule has 27 heavy (non-hydrogen) atoms. The Morgan fingerprint density at radius 2 is 1.78 bits per heavy atom. The number of hydrogen-bond donors (Lipinski definition) is 1. The maximum atomic E-state index is 12.9. The molecule has 2 amide bonds. The van der Waals surface area contributed by atoms with Crippen LogP contribution in [0.15, 0.2) is 36.4 Å². The topological polar surface area (TPSA) is 49.4 Å². The van der Waals surface area contributed by atoms with E-state index in [-0.39, 0.29) is 11.8 Å². The number of anilines is 1. The summed E-state index contributed by atoms with van der Waals surface area (Å²) in [6.45, 7) is 3.54. The van der Waals surface area contributed by atoms with Crippen LogP contribution < -0.4 is 5.32 Å². The molecule has 1 aliphatic heterocycles. The lowest BCUT2D eigenvalue weighted by Crippen LogP contribution is -2.29. The zero-order valence-electron chi connectivity index (χ0n) is 15.9. The van der Waals surface area contributed by atoms with Crippen molar-refractivity contribution >= 4 is 17.5 Å². The molecule has 1 saturated heterocycles. The third kappa shape index (κ3) is 3.75. The van der Waals surface area contributed by atoms with Crippen LogP contribution in [0.3, 0.4) is 0 Å². The third-order valence-electron chi connectivity index (χ3n) is 5.69. The summed E-state index contributed by atoms with van der Waals surface area (Å²) >= 11 is 0. The molecule has 0 aromatic heterocycles. The molecule has 1 heterocycles. The second kappa shape index (κ2) is 7.55. The van der Waals surface area contributed by atoms with Crippen molar-refractivity contribution in [2.75, 3.05) is 18.4 Å². The van der Waals surface area contributed by atoms with Gasteiger partial charge in [-0.1, -0.05) is 30.3 Å². The lowest BCUT2D eigenvalue weighted by atomic mass is 10.0. The van der Waals surface area contributed by atoms with Gasteiger partial charge in [0.15, 0.2) is 0 Å². The van der Waals surface area contributed by atoms with Gasteiger partial charge in [-0.2, -0.15) is 0 Å². The Hall–Kier alpha value is -2.62. The number of para-hydroxylation sites is 1. The summed E-state index contributed by atoms with van der Waals surface area (Å²) in [6.07, 6.45) is 5.90. The fourth-order valence-electron chi connectivity index (χ4n) is 4.21. The molecule has 0 saturated carbocycles. The van der Waals surface area contributed by atoms with Crippen molar-refractivity contribution in [3.8, 4) is 0 Å². The Balaban J connectivity index is 1.51. The minimum atomic E-state index is -0.0716. The van der Waals surface area contributed by atoms with Crippen molar-refractivity contribution < 1.29 is 9.59 Å². The largest absolute Gasteiger partial charge is 0.339 e. The second-order valence-corrected chi connectivity index (χ2v) is 7.68. The average molecular weight is 362 g/mol. The van der Waals surface area contributed by atoms with Gasteiger partial charge in [0.25, 0.3) is 5.91 Å². The number of likely N-dealkylation sites (tertiary alicyclic amines) is 1. The molecule has 2 aromatic rings. The maximum Gasteiger partial charge on any atom is 0.255 e. The summed E-state index contributed by atoms with van der Waals surface area (Å²) in [5, 5.41) is 3.01. The highest BCUT2D eigenvalue weighted by Gasteiger charge is 2.23. The third-order valence-corrected chi connectivity index (χ3v) is 5.69. The SMILES string of the molecule is Cc1cccc(C(=O)N2CCCC2)c1NC(=O)Cc1ccc2c(c1)CCC2. The number of nitrogens with one attached hydrogen (secondary N) is 1. The first kappa shape index (κ1) is 17.8. The number of fused-ring (bicyclic) bond motifs is 1. The van der Waals surface area contributed by atoms with E-state index in [9.17, 15) is 9.59 Å². The predicted molar refractivity (Wildman–Crippen MR) is 107 cm³/mol. The molecule has 2 aromatic carbocycles. The van der Waals surface area contributed by atoms with E-state index >= 15 is 0 Å². The first-order valence-electron chi connectivity index (χ1n) is 9.91. The van der Waals surface area contributed by atoms with Gasteiger partial charge < -0.3 is 10.2 Å². The van der Waals surface area contributed by atoms with E-state index in [2.05, 4.69) is 23.5 Å². The number of rotatable bonds is 4. The zero-order valence-corrected chi connectivity index (χ0v) is 15.9. The molecule has 4 heteroatoms. The van der Waals surface area contributed by atoms with Gasteiger partial charge in [-0.05, 0) is 67.3 Å². The normalized spacial score (nSPS) is 15.7. The number of carbonyl (C=O) groups is 2. The summed E-state index contributed by atoms with van der Waals surface area (Å²) < 4.78 is 0. The number of nitrogens with zero attached hydrogens (tertiary/aromatic N) is 1. The molecular formula is C23H26N2O2. The lowest BCUT2D eigenvalue weighted by Gasteiger charge is -2.19. The van der Waals surface area contributed by atoms with Crippen LogP contribution in [-0.2, 0) is 24.1 Å². The fraction of sp³-hybridized carbons (Fsp3) is 0.391. The molecule has 1 fully saturated rings. The summed E-state index contributed by atoms with van der Waals surface area (Å²) in [6, 6.07) is 12.0. The number of carbonyl (C=O) groups excluding carboxylic acids is 2. The molecule has 4 nitrogen and oxygen atoms in total. The molecule has 140 valence electrons. The van der Waals surface area contributed by atoms with Crippen LogP contribution in [0.2, 0.25) is 0 Å². The van der Waals surface area contributed by atoms with E-state index in [4.69, 9.17) is 0 Å². The van der Waals surface area contributed by atoms with E-state index in [1.165, 1.54) is 17.5 Å². The molecular weight excluding hydrogens is 336 g/mol. The molecule has 0 unspecified atom stereocenters. The summed E-state index contributed by atoms with van der Waals surface area (Å²) in [7, 11) is 0. The van der Waals surface area contributed by atoms with E-state index in [0.29, 0.717) is 17.7 Å².